The summed E-state index contributed by atoms with van der Waals surface area (Å²) in [5.74, 6) is 0.361. The van der Waals surface area contributed by atoms with Crippen LogP contribution in [0.4, 0.5) is 11.4 Å². The van der Waals surface area contributed by atoms with Crippen molar-refractivity contribution in [1.29, 1.82) is 0 Å². The van der Waals surface area contributed by atoms with Gasteiger partial charge in [-0.25, -0.2) is 4.98 Å². The largest absolute Gasteiger partial charge is 0.492 e. The molecule has 0 aliphatic heterocycles. The molecule has 0 unspecified atom stereocenters. The summed E-state index contributed by atoms with van der Waals surface area (Å²) in [6, 6.07) is 22.8. The van der Waals surface area contributed by atoms with E-state index in [1.165, 1.54) is 18.7 Å². The van der Waals surface area contributed by atoms with Crippen LogP contribution in [0.15, 0.2) is 78.0 Å². The van der Waals surface area contributed by atoms with Gasteiger partial charge in [-0.1, -0.05) is 72.4 Å². The number of rotatable bonds is 11. The first-order valence-corrected chi connectivity index (χ1v) is 13.5. The van der Waals surface area contributed by atoms with Crippen LogP contribution in [0.1, 0.15) is 20.8 Å². The normalized spacial score (nSPS) is 10.5. The highest BCUT2D eigenvalue weighted by Gasteiger charge is 2.17. The first-order valence-electron chi connectivity index (χ1n) is 12.5. The third-order valence-electron chi connectivity index (χ3n) is 5.36. The van der Waals surface area contributed by atoms with Crippen molar-refractivity contribution in [2.75, 3.05) is 29.6 Å². The Balaban J connectivity index is 1.54. The molecule has 4 rings (SSSR count). The summed E-state index contributed by atoms with van der Waals surface area (Å²) in [4.78, 5) is 29.3. The zero-order valence-corrected chi connectivity index (χ0v) is 22.7. The van der Waals surface area contributed by atoms with Gasteiger partial charge in [0.15, 0.2) is 0 Å². The molecule has 9 nitrogen and oxygen atoms in total. The van der Waals surface area contributed by atoms with Gasteiger partial charge in [0.2, 0.25) is 17.0 Å². The molecule has 0 saturated heterocycles. The summed E-state index contributed by atoms with van der Waals surface area (Å²) in [5.41, 5.74) is 4.06. The fourth-order valence-corrected chi connectivity index (χ4v) is 4.36. The van der Waals surface area contributed by atoms with E-state index >= 15 is 0 Å². The molecule has 0 aliphatic carbocycles. The third-order valence-corrected chi connectivity index (χ3v) is 6.20. The third kappa shape index (κ3) is 7.32. The first-order chi connectivity index (χ1) is 19.0. The fourth-order valence-electron chi connectivity index (χ4n) is 3.77. The molecule has 2 N–H and O–H groups in total. The molecule has 0 atom stereocenters. The Kier molecular flexibility index (Phi) is 9.47. The Morgan fingerprint density at radius 3 is 1.85 bits per heavy atom. The average molecular weight is 544 g/mol. The minimum Gasteiger partial charge on any atom is -0.492 e. The molecule has 0 spiro atoms. The van der Waals surface area contributed by atoms with E-state index in [4.69, 9.17) is 14.5 Å². The van der Waals surface area contributed by atoms with Gasteiger partial charge in [-0.15, -0.1) is 10.2 Å². The van der Waals surface area contributed by atoms with Crippen molar-refractivity contribution in [1.82, 2.24) is 15.2 Å². The molecule has 0 aliphatic rings. The van der Waals surface area contributed by atoms with Crippen molar-refractivity contribution in [2.45, 2.75) is 25.9 Å². The van der Waals surface area contributed by atoms with Crippen LogP contribution >= 0.6 is 11.8 Å². The van der Waals surface area contributed by atoms with Crippen molar-refractivity contribution >= 4 is 35.0 Å². The van der Waals surface area contributed by atoms with Gasteiger partial charge in [0.1, 0.15) is 22.9 Å². The molecule has 1 aromatic heterocycles. The van der Waals surface area contributed by atoms with Crippen molar-refractivity contribution in [3.63, 3.8) is 0 Å². The van der Waals surface area contributed by atoms with Gasteiger partial charge in [0.05, 0.1) is 30.3 Å². The lowest BCUT2D eigenvalue weighted by Crippen LogP contribution is -2.16. The molecule has 1 heterocycles. The molecule has 0 radical (unpaired) electrons. The second-order valence-corrected chi connectivity index (χ2v) is 9.19. The highest BCUT2D eigenvalue weighted by Crippen LogP contribution is 2.37. The Bertz CT molecular complexity index is 1430. The second kappa shape index (κ2) is 13.4. The lowest BCUT2D eigenvalue weighted by molar-refractivity contribution is -0.114. The number of hydrogen-bond donors (Lipinski definition) is 2. The standard InChI is InChI=1S/C29H29N5O4S/c1-4-37-24-17-23(25(38-5-2)16-22(24)30-19(3)35)31-26(36)18-39-29-32-27(20-12-8-6-9-13-20)28(33-34-29)21-14-10-7-11-15-21/h6-17H,4-5,18H2,1-3H3,(H,30,35)(H,31,36). The fraction of sp³-hybridized carbons (Fsp3) is 0.207. The lowest BCUT2D eigenvalue weighted by atomic mass is 10.0. The molecule has 2 amide bonds. The maximum Gasteiger partial charge on any atom is 0.234 e. The van der Waals surface area contributed by atoms with Crippen molar-refractivity contribution in [3.05, 3.63) is 72.8 Å². The van der Waals surface area contributed by atoms with E-state index in [1.807, 2.05) is 74.5 Å². The van der Waals surface area contributed by atoms with Crippen LogP contribution in [0.5, 0.6) is 11.5 Å². The number of carbonyl (C=O) groups excluding carboxylic acids is 2. The van der Waals surface area contributed by atoms with E-state index < -0.39 is 0 Å². The molecule has 3 aromatic carbocycles. The number of nitrogens with zero attached hydrogens (tertiary/aromatic N) is 3. The van der Waals surface area contributed by atoms with E-state index in [-0.39, 0.29) is 17.6 Å². The predicted molar refractivity (Wildman–Crippen MR) is 153 cm³/mol. The summed E-state index contributed by atoms with van der Waals surface area (Å²) in [6.07, 6.45) is 0. The maximum atomic E-state index is 12.9. The molecule has 200 valence electrons. The van der Waals surface area contributed by atoms with Crippen molar-refractivity contribution in [2.24, 2.45) is 0 Å². The number of nitrogens with one attached hydrogen (secondary N) is 2. The number of hydrogen-bond acceptors (Lipinski definition) is 8. The molecular weight excluding hydrogens is 514 g/mol. The molecular formula is C29H29N5O4S. The smallest absolute Gasteiger partial charge is 0.234 e. The summed E-state index contributed by atoms with van der Waals surface area (Å²) < 4.78 is 11.4. The van der Waals surface area contributed by atoms with Gasteiger partial charge in [-0.05, 0) is 13.8 Å². The number of anilines is 2. The number of thioether (sulfide) groups is 1. The molecule has 0 bridgehead atoms. The summed E-state index contributed by atoms with van der Waals surface area (Å²) >= 11 is 1.18. The van der Waals surface area contributed by atoms with Crippen LogP contribution in [0.3, 0.4) is 0 Å². The van der Waals surface area contributed by atoms with E-state index in [0.717, 1.165) is 11.1 Å². The van der Waals surface area contributed by atoms with Gasteiger partial charge in [0.25, 0.3) is 0 Å². The molecule has 4 aromatic rings. The zero-order valence-electron chi connectivity index (χ0n) is 21.9. The van der Waals surface area contributed by atoms with Crippen molar-refractivity contribution in [3.8, 4) is 34.0 Å². The van der Waals surface area contributed by atoms with Gasteiger partial charge in [-0.2, -0.15) is 0 Å². The average Bonchev–Trinajstić information content (AvgIpc) is 2.95. The van der Waals surface area contributed by atoms with E-state index in [0.29, 0.717) is 52.6 Å². The molecule has 0 saturated carbocycles. The molecule has 39 heavy (non-hydrogen) atoms. The highest BCUT2D eigenvalue weighted by molar-refractivity contribution is 7.99. The monoisotopic (exact) mass is 543 g/mol. The Morgan fingerprint density at radius 2 is 1.31 bits per heavy atom. The summed E-state index contributed by atoms with van der Waals surface area (Å²) in [5, 5.41) is 14.7. The highest BCUT2D eigenvalue weighted by atomic mass is 32.2. The molecule has 0 fully saturated rings. The van der Waals surface area contributed by atoms with E-state index in [9.17, 15) is 9.59 Å². The van der Waals surface area contributed by atoms with E-state index in [1.54, 1.807) is 12.1 Å². The topological polar surface area (TPSA) is 115 Å². The number of benzene rings is 3. The first kappa shape index (κ1) is 27.6. The van der Waals surface area contributed by atoms with Gasteiger partial charge >= 0.3 is 0 Å². The van der Waals surface area contributed by atoms with Gasteiger partial charge in [-0.3, -0.25) is 9.59 Å². The predicted octanol–water partition coefficient (Wildman–Crippen LogP) is 5.69. The summed E-state index contributed by atoms with van der Waals surface area (Å²) in [7, 11) is 0. The Hall–Kier alpha value is -4.44. The SMILES string of the molecule is CCOc1cc(NC(=O)CSc2nnc(-c3ccccc3)c(-c3ccccc3)n2)c(OCC)cc1NC(C)=O. The quantitative estimate of drug-likeness (QED) is 0.232. The number of carbonyl (C=O) groups is 2. The van der Waals surface area contributed by atoms with Crippen molar-refractivity contribution < 1.29 is 19.1 Å². The number of aromatic nitrogens is 3. The van der Waals surface area contributed by atoms with Gasteiger partial charge in [0, 0.05) is 30.2 Å². The molecule has 10 heteroatoms. The second-order valence-electron chi connectivity index (χ2n) is 8.25. The minimum atomic E-state index is -0.285. The zero-order chi connectivity index (χ0) is 27.6. The van der Waals surface area contributed by atoms with E-state index in [2.05, 4.69) is 20.8 Å². The minimum absolute atomic E-state index is 0.0452. The van der Waals surface area contributed by atoms with Crippen LogP contribution in [0.25, 0.3) is 22.5 Å². The Morgan fingerprint density at radius 1 is 0.769 bits per heavy atom. The van der Waals surface area contributed by atoms with Crippen LogP contribution in [-0.4, -0.2) is 46.0 Å². The Labute approximate surface area is 231 Å². The van der Waals surface area contributed by atoms with Crippen LogP contribution in [-0.2, 0) is 9.59 Å². The van der Waals surface area contributed by atoms with Crippen LogP contribution in [0.2, 0.25) is 0 Å². The maximum absolute atomic E-state index is 12.9. The summed E-state index contributed by atoms with van der Waals surface area (Å²) in [6.45, 7) is 5.85. The van der Waals surface area contributed by atoms with Crippen LogP contribution in [0, 0.1) is 0 Å². The lowest BCUT2D eigenvalue weighted by Gasteiger charge is -2.17. The number of ether oxygens (including phenoxy) is 2. The van der Waals surface area contributed by atoms with Crippen LogP contribution < -0.4 is 20.1 Å². The number of amides is 2. The van der Waals surface area contributed by atoms with Gasteiger partial charge < -0.3 is 20.1 Å².